The van der Waals surface area contributed by atoms with Crippen molar-refractivity contribution in [2.45, 2.75) is 25.8 Å². The Bertz CT molecular complexity index is 973. The van der Waals surface area contributed by atoms with Crippen molar-refractivity contribution in [3.05, 3.63) is 63.7 Å². The van der Waals surface area contributed by atoms with Gasteiger partial charge in [0.1, 0.15) is 6.04 Å². The van der Waals surface area contributed by atoms with Crippen molar-refractivity contribution in [1.82, 2.24) is 5.32 Å². The minimum atomic E-state index is -0.844. The highest BCUT2D eigenvalue weighted by atomic mass is 16.6. The molecule has 9 heteroatoms. The molecule has 3 amide bonds. The second-order valence-corrected chi connectivity index (χ2v) is 6.40. The number of nitrogens with one attached hydrogen (secondary N) is 3. The van der Waals surface area contributed by atoms with Crippen molar-refractivity contribution >= 4 is 34.8 Å². The maximum Gasteiger partial charge on any atom is 0.269 e. The Morgan fingerprint density at radius 2 is 1.96 bits per heavy atom. The number of hydrogen-bond donors (Lipinski definition) is 3. The molecule has 0 saturated heterocycles. The molecule has 144 valence electrons. The zero-order valence-corrected chi connectivity index (χ0v) is 15.0. The number of nitrogens with zero attached hydrogens (tertiary/aromatic N) is 1. The van der Waals surface area contributed by atoms with E-state index < -0.39 is 16.9 Å². The van der Waals surface area contributed by atoms with E-state index in [2.05, 4.69) is 16.0 Å². The quantitative estimate of drug-likeness (QED) is 0.540. The summed E-state index contributed by atoms with van der Waals surface area (Å²) in [6.45, 7) is 1.65. The lowest BCUT2D eigenvalue weighted by Crippen LogP contribution is -2.41. The van der Waals surface area contributed by atoms with Crippen molar-refractivity contribution in [1.29, 1.82) is 0 Å². The van der Waals surface area contributed by atoms with E-state index in [9.17, 15) is 24.5 Å². The number of aryl methyl sites for hydroxylation is 1. The molecule has 0 bridgehead atoms. The van der Waals surface area contributed by atoms with Crippen LogP contribution < -0.4 is 16.0 Å². The van der Waals surface area contributed by atoms with Crippen LogP contribution in [0.1, 0.15) is 28.8 Å². The van der Waals surface area contributed by atoms with Gasteiger partial charge >= 0.3 is 0 Å². The number of nitro benzene ring substituents is 1. The van der Waals surface area contributed by atoms with E-state index in [1.165, 1.54) is 18.2 Å². The van der Waals surface area contributed by atoms with E-state index in [0.717, 1.165) is 0 Å². The maximum absolute atomic E-state index is 12.3. The van der Waals surface area contributed by atoms with Gasteiger partial charge in [0.05, 0.1) is 16.2 Å². The third-order valence-corrected chi connectivity index (χ3v) is 4.41. The molecular weight excluding hydrogens is 364 g/mol. The first-order valence-electron chi connectivity index (χ1n) is 8.61. The van der Waals surface area contributed by atoms with Crippen LogP contribution in [0.2, 0.25) is 0 Å². The van der Waals surface area contributed by atoms with Crippen molar-refractivity contribution in [2.24, 2.45) is 0 Å². The topological polar surface area (TPSA) is 130 Å². The molecule has 2 aromatic carbocycles. The molecule has 0 aromatic heterocycles. The zero-order valence-electron chi connectivity index (χ0n) is 15.0. The Morgan fingerprint density at radius 1 is 1.21 bits per heavy atom. The highest BCUT2D eigenvalue weighted by Gasteiger charge is 2.27. The number of hydrogen-bond acceptors (Lipinski definition) is 5. The van der Waals surface area contributed by atoms with Crippen LogP contribution in [0.25, 0.3) is 0 Å². The van der Waals surface area contributed by atoms with Gasteiger partial charge in [-0.15, -0.1) is 0 Å². The standard InChI is InChI=1S/C19H18N4O5/c1-11-10-12(23(27)28)6-7-14(11)20-17(24)9-8-16-19(26)21-15-5-3-2-4-13(15)18(25)22-16/h2-7,10,16H,8-9H2,1H3,(H,20,24)(H,21,26)(H,22,25). The predicted octanol–water partition coefficient (Wildman–Crippen LogP) is 2.37. The molecule has 28 heavy (non-hydrogen) atoms. The number of non-ortho nitro benzene ring substituents is 1. The highest BCUT2D eigenvalue weighted by Crippen LogP contribution is 2.22. The SMILES string of the molecule is Cc1cc([N+](=O)[O-])ccc1NC(=O)CCC1NC(=O)c2ccccc2NC1=O. The summed E-state index contributed by atoms with van der Waals surface area (Å²) in [5, 5.41) is 18.8. The smallest absolute Gasteiger partial charge is 0.269 e. The van der Waals surface area contributed by atoms with E-state index >= 15 is 0 Å². The van der Waals surface area contributed by atoms with Gasteiger partial charge in [0.2, 0.25) is 11.8 Å². The summed E-state index contributed by atoms with van der Waals surface area (Å²) in [7, 11) is 0. The molecular formula is C19H18N4O5. The van der Waals surface area contributed by atoms with Crippen molar-refractivity contribution in [2.75, 3.05) is 10.6 Å². The Labute approximate surface area is 160 Å². The highest BCUT2D eigenvalue weighted by molar-refractivity contribution is 6.10. The lowest BCUT2D eigenvalue weighted by Gasteiger charge is -2.14. The van der Waals surface area contributed by atoms with Crippen LogP contribution in [0, 0.1) is 17.0 Å². The van der Waals surface area contributed by atoms with Gasteiger partial charge in [-0.1, -0.05) is 12.1 Å². The van der Waals surface area contributed by atoms with Gasteiger partial charge in [-0.2, -0.15) is 0 Å². The van der Waals surface area contributed by atoms with E-state index in [1.807, 2.05) is 0 Å². The fourth-order valence-electron chi connectivity index (χ4n) is 2.90. The normalized spacial score (nSPS) is 15.7. The Morgan fingerprint density at radius 3 is 2.68 bits per heavy atom. The summed E-state index contributed by atoms with van der Waals surface area (Å²) in [6, 6.07) is 9.95. The molecule has 1 heterocycles. The van der Waals surface area contributed by atoms with Crippen molar-refractivity contribution < 1.29 is 19.3 Å². The van der Waals surface area contributed by atoms with Gasteiger partial charge in [-0.25, -0.2) is 0 Å². The van der Waals surface area contributed by atoms with Crippen LogP contribution in [0.4, 0.5) is 17.1 Å². The summed E-state index contributed by atoms with van der Waals surface area (Å²) < 4.78 is 0. The van der Waals surface area contributed by atoms with Crippen LogP contribution >= 0.6 is 0 Å². The van der Waals surface area contributed by atoms with Crippen molar-refractivity contribution in [3.8, 4) is 0 Å². The number of fused-ring (bicyclic) bond motifs is 1. The molecule has 1 aliphatic rings. The molecule has 1 unspecified atom stereocenters. The molecule has 9 nitrogen and oxygen atoms in total. The fourth-order valence-corrected chi connectivity index (χ4v) is 2.90. The number of rotatable bonds is 5. The van der Waals surface area contributed by atoms with Gasteiger partial charge < -0.3 is 16.0 Å². The number of para-hydroxylation sites is 1. The molecule has 3 N–H and O–H groups in total. The van der Waals surface area contributed by atoms with Gasteiger partial charge in [0, 0.05) is 24.2 Å². The molecule has 0 saturated carbocycles. The average molecular weight is 382 g/mol. The summed E-state index contributed by atoms with van der Waals surface area (Å²) in [4.78, 5) is 47.1. The Kier molecular flexibility index (Phi) is 5.35. The second-order valence-electron chi connectivity index (χ2n) is 6.40. The van der Waals surface area contributed by atoms with Gasteiger partial charge in [-0.3, -0.25) is 24.5 Å². The minimum Gasteiger partial charge on any atom is -0.340 e. The van der Waals surface area contributed by atoms with Crippen LogP contribution in [-0.4, -0.2) is 28.7 Å². The van der Waals surface area contributed by atoms with Gasteiger partial charge in [0.15, 0.2) is 0 Å². The predicted molar refractivity (Wildman–Crippen MR) is 102 cm³/mol. The van der Waals surface area contributed by atoms with Crippen molar-refractivity contribution in [3.63, 3.8) is 0 Å². The molecule has 1 aliphatic heterocycles. The first-order chi connectivity index (χ1) is 13.3. The lowest BCUT2D eigenvalue weighted by molar-refractivity contribution is -0.384. The first-order valence-corrected chi connectivity index (χ1v) is 8.61. The monoisotopic (exact) mass is 382 g/mol. The maximum atomic E-state index is 12.3. The summed E-state index contributed by atoms with van der Waals surface area (Å²) >= 11 is 0. The number of nitro groups is 1. The molecule has 2 aromatic rings. The number of carbonyl (C=O) groups is 3. The third-order valence-electron chi connectivity index (χ3n) is 4.41. The lowest BCUT2D eigenvalue weighted by atomic mass is 10.1. The van der Waals surface area contributed by atoms with E-state index in [-0.39, 0.29) is 30.3 Å². The average Bonchev–Trinajstić information content (AvgIpc) is 2.78. The number of carbonyl (C=O) groups excluding carboxylic acids is 3. The van der Waals surface area contributed by atoms with Crippen LogP contribution in [0.3, 0.4) is 0 Å². The van der Waals surface area contributed by atoms with Crippen LogP contribution in [0.5, 0.6) is 0 Å². The molecule has 0 spiro atoms. The summed E-state index contributed by atoms with van der Waals surface area (Å²) in [6.07, 6.45) is 0.106. The first kappa shape index (κ1) is 19.0. The van der Waals surface area contributed by atoms with Crippen LogP contribution in [0.15, 0.2) is 42.5 Å². The van der Waals surface area contributed by atoms with Crippen LogP contribution in [-0.2, 0) is 9.59 Å². The molecule has 3 rings (SSSR count). The van der Waals surface area contributed by atoms with E-state index in [0.29, 0.717) is 22.5 Å². The van der Waals surface area contributed by atoms with E-state index in [4.69, 9.17) is 0 Å². The molecule has 0 aliphatic carbocycles. The number of anilines is 2. The fraction of sp³-hybridized carbons (Fsp3) is 0.211. The summed E-state index contributed by atoms with van der Waals surface area (Å²) in [5.41, 5.74) is 1.74. The number of amides is 3. The zero-order chi connectivity index (χ0) is 20.3. The second kappa shape index (κ2) is 7.87. The molecule has 0 fully saturated rings. The number of benzene rings is 2. The minimum absolute atomic E-state index is 0.00879. The van der Waals surface area contributed by atoms with Gasteiger partial charge in [0.25, 0.3) is 11.6 Å². The third kappa shape index (κ3) is 4.14. The molecule has 0 radical (unpaired) electrons. The molecule has 1 atom stereocenters. The van der Waals surface area contributed by atoms with E-state index in [1.54, 1.807) is 31.2 Å². The Balaban J connectivity index is 1.61. The summed E-state index contributed by atoms with van der Waals surface area (Å²) in [5.74, 6) is -1.14. The van der Waals surface area contributed by atoms with Gasteiger partial charge in [-0.05, 0) is 37.1 Å². The largest absolute Gasteiger partial charge is 0.340 e. The Hall–Kier alpha value is -3.75.